The van der Waals surface area contributed by atoms with E-state index in [4.69, 9.17) is 0 Å². The van der Waals surface area contributed by atoms with Crippen molar-refractivity contribution in [2.45, 2.75) is 52.1 Å². The third-order valence-electron chi connectivity index (χ3n) is 6.07. The second kappa shape index (κ2) is 9.87. The van der Waals surface area contributed by atoms with Crippen molar-refractivity contribution < 1.29 is 19.4 Å². The highest BCUT2D eigenvalue weighted by atomic mass is 19.3. The Morgan fingerprint density at radius 3 is 2.93 bits per heavy atom. The van der Waals surface area contributed by atoms with Crippen molar-refractivity contribution in [2.75, 3.05) is 11.9 Å². The molecule has 0 fully saturated rings. The highest BCUT2D eigenvalue weighted by Crippen LogP contribution is 2.32. The summed E-state index contributed by atoms with van der Waals surface area (Å²) in [6.45, 7) is 4.26. The molecule has 0 amide bonds. The van der Waals surface area contributed by atoms with E-state index in [9.17, 15) is 14.4 Å². The molecule has 1 heterocycles. The van der Waals surface area contributed by atoms with Crippen LogP contribution in [0.25, 0.3) is 11.0 Å². The van der Waals surface area contributed by atoms with E-state index >= 15 is 0 Å². The van der Waals surface area contributed by atoms with Crippen LogP contribution in [0, 0.1) is 17.8 Å². The lowest BCUT2D eigenvalue weighted by Gasteiger charge is -2.30. The lowest BCUT2D eigenvalue weighted by molar-refractivity contribution is -0.202. The van der Waals surface area contributed by atoms with Crippen LogP contribution in [0.2, 0.25) is 0 Å². The van der Waals surface area contributed by atoms with Crippen molar-refractivity contribution in [1.29, 1.82) is 0 Å². The number of carboxylic acid groups (broad SMARTS) is 1. The number of allylic oxidation sites excluding steroid dienone is 2. The van der Waals surface area contributed by atoms with Crippen molar-refractivity contribution in [2.24, 2.45) is 17.8 Å². The zero-order chi connectivity index (χ0) is 20.8. The maximum absolute atomic E-state index is 13.3. The number of aromatic amines is 1. The Morgan fingerprint density at radius 2 is 2.21 bits per heavy atom. The van der Waals surface area contributed by atoms with Crippen molar-refractivity contribution in [3.8, 4) is 0 Å². The molecule has 4 atom stereocenters. The van der Waals surface area contributed by atoms with Gasteiger partial charge in [0.15, 0.2) is 0 Å². The van der Waals surface area contributed by atoms with Crippen LogP contribution >= 0.6 is 0 Å². The van der Waals surface area contributed by atoms with E-state index < -0.39 is 18.0 Å². The number of fused-ring (bicyclic) bond motifs is 1. The number of aromatic nitrogens is 2. The topological polar surface area (TPSA) is 87.2 Å². The number of para-hydroxylation sites is 2. The van der Waals surface area contributed by atoms with Gasteiger partial charge in [-0.2, -0.15) is 4.94 Å². The van der Waals surface area contributed by atoms with Gasteiger partial charge in [0, 0.05) is 6.54 Å². The zero-order valence-corrected chi connectivity index (χ0v) is 17.0. The standard InChI is InChI=1S/C22H30FN3O3/c1-14-6-5-7-15(2)20(29-23)12-16(11-10-14)17(21(27)28)13-24-22-25-18-8-3-4-9-19(18)26-22/h3-4,6,8-9,15-17,20H,5,7,10-13H2,1-2H3,(H,27,28)(H2,24,25,26)/b14-6+. The molecule has 0 radical (unpaired) electrons. The number of benzene rings is 1. The summed E-state index contributed by atoms with van der Waals surface area (Å²) in [6, 6.07) is 7.63. The first-order valence-electron chi connectivity index (χ1n) is 10.3. The van der Waals surface area contributed by atoms with Gasteiger partial charge in [0.1, 0.15) is 6.10 Å². The molecular weight excluding hydrogens is 373 g/mol. The number of halogens is 1. The average Bonchev–Trinajstić information content (AvgIpc) is 3.11. The van der Waals surface area contributed by atoms with Crippen LogP contribution < -0.4 is 5.32 Å². The molecule has 4 unspecified atom stereocenters. The highest BCUT2D eigenvalue weighted by Gasteiger charge is 2.33. The van der Waals surface area contributed by atoms with Gasteiger partial charge in [-0.25, -0.2) is 4.98 Å². The van der Waals surface area contributed by atoms with Gasteiger partial charge in [0.25, 0.3) is 0 Å². The molecule has 0 aliphatic heterocycles. The fourth-order valence-corrected chi connectivity index (χ4v) is 4.13. The molecule has 0 spiro atoms. The minimum atomic E-state index is -0.887. The predicted octanol–water partition coefficient (Wildman–Crippen LogP) is 5.11. The van der Waals surface area contributed by atoms with Gasteiger partial charge in [0.2, 0.25) is 5.95 Å². The van der Waals surface area contributed by atoms with Crippen molar-refractivity contribution in [1.82, 2.24) is 9.97 Å². The van der Waals surface area contributed by atoms with Crippen LogP contribution in [0.4, 0.5) is 10.5 Å². The molecule has 2 aromatic rings. The molecular formula is C22H30FN3O3. The Labute approximate surface area is 170 Å². The van der Waals surface area contributed by atoms with Gasteiger partial charge in [-0.15, -0.1) is 0 Å². The number of carboxylic acids is 1. The molecule has 0 bridgehead atoms. The molecule has 1 aliphatic rings. The maximum Gasteiger partial charge on any atom is 0.308 e. The summed E-state index contributed by atoms with van der Waals surface area (Å²) in [4.78, 5) is 24.0. The number of anilines is 1. The Bertz CT molecular complexity index is 818. The van der Waals surface area contributed by atoms with E-state index in [-0.39, 0.29) is 18.4 Å². The van der Waals surface area contributed by atoms with Crippen LogP contribution in [0.5, 0.6) is 0 Å². The molecule has 1 aromatic heterocycles. The number of rotatable bonds is 6. The summed E-state index contributed by atoms with van der Waals surface area (Å²) in [5, 5.41) is 13.0. The van der Waals surface area contributed by atoms with E-state index in [0.717, 1.165) is 30.3 Å². The Balaban J connectivity index is 1.75. The molecule has 6 nitrogen and oxygen atoms in total. The number of nitrogens with one attached hydrogen (secondary N) is 2. The summed E-state index contributed by atoms with van der Waals surface area (Å²) in [5.74, 6) is -1.18. The summed E-state index contributed by atoms with van der Waals surface area (Å²) in [6.07, 6.45) is 5.21. The molecule has 1 aromatic carbocycles. The molecule has 0 saturated carbocycles. The normalized spacial score (nSPS) is 26.4. The zero-order valence-electron chi connectivity index (χ0n) is 17.0. The SMILES string of the molecule is C/C1=C\CCC(C)C(OF)CC(C(CNc2nc3ccccc3[nH]2)C(=O)O)CC1. The van der Waals surface area contributed by atoms with E-state index in [2.05, 4.69) is 33.2 Å². The van der Waals surface area contributed by atoms with Crippen LogP contribution in [0.1, 0.15) is 46.0 Å². The maximum atomic E-state index is 13.3. The molecule has 29 heavy (non-hydrogen) atoms. The summed E-state index contributed by atoms with van der Waals surface area (Å²) < 4.78 is 13.3. The first-order valence-corrected chi connectivity index (χ1v) is 10.3. The number of hydrogen-bond acceptors (Lipinski definition) is 4. The molecule has 158 valence electrons. The molecule has 0 saturated heterocycles. The lowest BCUT2D eigenvalue weighted by atomic mass is 9.79. The van der Waals surface area contributed by atoms with Crippen molar-refractivity contribution >= 4 is 23.0 Å². The van der Waals surface area contributed by atoms with E-state index in [1.165, 1.54) is 5.57 Å². The number of hydrogen-bond donors (Lipinski definition) is 3. The third-order valence-corrected chi connectivity index (χ3v) is 6.07. The van der Waals surface area contributed by atoms with Crippen molar-refractivity contribution in [3.05, 3.63) is 35.9 Å². The second-order valence-corrected chi connectivity index (χ2v) is 8.20. The van der Waals surface area contributed by atoms with Gasteiger partial charge in [-0.05, 0) is 67.5 Å². The van der Waals surface area contributed by atoms with Gasteiger partial charge in [-0.3, -0.25) is 4.79 Å². The van der Waals surface area contributed by atoms with Gasteiger partial charge >= 0.3 is 5.97 Å². The van der Waals surface area contributed by atoms with E-state index in [0.29, 0.717) is 18.8 Å². The number of H-pyrrole nitrogens is 1. The highest BCUT2D eigenvalue weighted by molar-refractivity contribution is 5.77. The summed E-state index contributed by atoms with van der Waals surface area (Å²) >= 11 is 0. The van der Waals surface area contributed by atoms with Gasteiger partial charge < -0.3 is 15.4 Å². The van der Waals surface area contributed by atoms with Crippen LogP contribution in [-0.4, -0.2) is 33.7 Å². The summed E-state index contributed by atoms with van der Waals surface area (Å²) in [5.41, 5.74) is 2.97. The first-order chi connectivity index (χ1) is 14.0. The molecule has 7 heteroatoms. The Morgan fingerprint density at radius 1 is 1.41 bits per heavy atom. The monoisotopic (exact) mass is 403 g/mol. The average molecular weight is 403 g/mol. The second-order valence-electron chi connectivity index (χ2n) is 8.20. The Hall–Kier alpha value is -2.41. The smallest absolute Gasteiger partial charge is 0.308 e. The number of nitrogens with zero attached hydrogens (tertiary/aromatic N) is 1. The predicted molar refractivity (Wildman–Crippen MR) is 111 cm³/mol. The van der Waals surface area contributed by atoms with Crippen LogP contribution in [0.15, 0.2) is 35.9 Å². The molecule has 1 aliphatic carbocycles. The Kier molecular flexibility index (Phi) is 7.25. The fourth-order valence-electron chi connectivity index (χ4n) is 4.13. The number of carbonyl (C=O) groups is 1. The first kappa shape index (κ1) is 21.3. The molecule has 3 N–H and O–H groups in total. The molecule has 3 rings (SSSR count). The number of imidazole rings is 1. The number of aliphatic carboxylic acids is 1. The minimum Gasteiger partial charge on any atom is -0.481 e. The van der Waals surface area contributed by atoms with Gasteiger partial charge in [0.05, 0.1) is 17.0 Å². The summed E-state index contributed by atoms with van der Waals surface area (Å²) in [7, 11) is 0. The van der Waals surface area contributed by atoms with E-state index in [1.807, 2.05) is 31.2 Å². The quantitative estimate of drug-likeness (QED) is 0.584. The van der Waals surface area contributed by atoms with Crippen molar-refractivity contribution in [3.63, 3.8) is 0 Å². The van der Waals surface area contributed by atoms with E-state index in [1.54, 1.807) is 0 Å². The lowest BCUT2D eigenvalue weighted by Crippen LogP contribution is -2.34. The third kappa shape index (κ3) is 5.56. The van der Waals surface area contributed by atoms with Crippen LogP contribution in [-0.2, 0) is 9.74 Å². The minimum absolute atomic E-state index is 0.0300. The fraction of sp³-hybridized carbons (Fsp3) is 0.545. The van der Waals surface area contributed by atoms with Crippen LogP contribution in [0.3, 0.4) is 0 Å². The largest absolute Gasteiger partial charge is 0.481 e. The van der Waals surface area contributed by atoms with Gasteiger partial charge in [-0.1, -0.05) is 30.7 Å².